The molecular weight excluding hydrogens is 266 g/mol. The summed E-state index contributed by atoms with van der Waals surface area (Å²) in [4.78, 5) is 24.0. The Morgan fingerprint density at radius 1 is 1.42 bits per heavy atom. The zero-order chi connectivity index (χ0) is 13.8. The molecule has 0 radical (unpaired) electrons. The Balaban J connectivity index is 1.97. The smallest absolute Gasteiger partial charge is 0.326 e. The van der Waals surface area contributed by atoms with Crippen LogP contribution in [0, 0.1) is 0 Å². The van der Waals surface area contributed by atoms with Gasteiger partial charge in [0.2, 0.25) is 5.91 Å². The van der Waals surface area contributed by atoms with Crippen LogP contribution < -0.4 is 5.32 Å². The summed E-state index contributed by atoms with van der Waals surface area (Å²) in [5.41, 5.74) is 1.11. The number of amides is 1. The fourth-order valence-electron chi connectivity index (χ4n) is 1.98. The van der Waals surface area contributed by atoms with Crippen molar-refractivity contribution in [3.63, 3.8) is 0 Å². The summed E-state index contributed by atoms with van der Waals surface area (Å²) in [6.45, 7) is -0.269. The summed E-state index contributed by atoms with van der Waals surface area (Å²) in [7, 11) is 0. The molecule has 0 saturated carbocycles. The minimum atomic E-state index is -1.12. The Morgan fingerprint density at radius 3 is 2.79 bits per heavy atom. The predicted octanol–water partition coefficient (Wildman–Crippen LogP) is 0.655. The molecule has 1 heterocycles. The van der Waals surface area contributed by atoms with Gasteiger partial charge in [0, 0.05) is 17.9 Å². The number of thioether (sulfide) groups is 1. The van der Waals surface area contributed by atoms with Crippen molar-refractivity contribution < 1.29 is 19.8 Å². The largest absolute Gasteiger partial charge is 0.480 e. The highest BCUT2D eigenvalue weighted by molar-refractivity contribution is 8.01. The topological polar surface area (TPSA) is 86.6 Å². The lowest BCUT2D eigenvalue weighted by atomic mass is 10.1. The fourth-order valence-corrected chi connectivity index (χ4v) is 3.18. The van der Waals surface area contributed by atoms with E-state index in [1.807, 2.05) is 24.3 Å². The second kappa shape index (κ2) is 6.08. The number of aliphatic carboxylic acids is 1. The van der Waals surface area contributed by atoms with Crippen LogP contribution in [-0.4, -0.2) is 40.0 Å². The van der Waals surface area contributed by atoms with Crippen molar-refractivity contribution in [2.45, 2.75) is 29.0 Å². The van der Waals surface area contributed by atoms with E-state index in [-0.39, 0.29) is 24.2 Å². The molecule has 1 aromatic rings. The minimum absolute atomic E-state index is 0.0193. The molecule has 0 aromatic heterocycles. The first kappa shape index (κ1) is 13.9. The van der Waals surface area contributed by atoms with Crippen LogP contribution in [0.4, 0.5) is 0 Å². The van der Waals surface area contributed by atoms with E-state index in [0.29, 0.717) is 6.42 Å². The lowest BCUT2D eigenvalue weighted by Crippen LogP contribution is -2.45. The fraction of sp³-hybridized carbons (Fsp3) is 0.385. The van der Waals surface area contributed by atoms with Crippen molar-refractivity contribution in [2.24, 2.45) is 0 Å². The Bertz CT molecular complexity index is 466. The maximum atomic E-state index is 12.0. The van der Waals surface area contributed by atoms with Crippen LogP contribution >= 0.6 is 11.8 Å². The normalized spacial score (nSPS) is 18.7. The van der Waals surface area contributed by atoms with Gasteiger partial charge in [-0.15, -0.1) is 11.8 Å². The van der Waals surface area contributed by atoms with E-state index in [1.165, 1.54) is 11.8 Å². The molecule has 2 rings (SSSR count). The molecule has 2 unspecified atom stereocenters. The zero-order valence-corrected chi connectivity index (χ0v) is 11.0. The molecule has 0 fully saturated rings. The van der Waals surface area contributed by atoms with E-state index in [9.17, 15) is 9.59 Å². The van der Waals surface area contributed by atoms with Gasteiger partial charge in [0.25, 0.3) is 0 Å². The lowest BCUT2D eigenvalue weighted by molar-refractivity contribution is -0.142. The molecule has 0 bridgehead atoms. The monoisotopic (exact) mass is 281 g/mol. The minimum Gasteiger partial charge on any atom is -0.480 e. The maximum Gasteiger partial charge on any atom is 0.326 e. The van der Waals surface area contributed by atoms with Gasteiger partial charge in [-0.3, -0.25) is 4.79 Å². The molecule has 1 aliphatic rings. The van der Waals surface area contributed by atoms with Gasteiger partial charge < -0.3 is 15.5 Å². The summed E-state index contributed by atoms with van der Waals surface area (Å²) >= 11 is 1.45. The SMILES string of the molecule is O=C(O)C(CCO)NC(=O)C1Cc2ccccc2S1. The average Bonchev–Trinajstić information content (AvgIpc) is 2.81. The number of aliphatic hydroxyl groups is 1. The zero-order valence-electron chi connectivity index (χ0n) is 10.2. The first-order valence-corrected chi connectivity index (χ1v) is 6.88. The quantitative estimate of drug-likeness (QED) is 0.738. The molecule has 3 N–H and O–H groups in total. The summed E-state index contributed by atoms with van der Waals surface area (Å²) in [6, 6.07) is 6.73. The van der Waals surface area contributed by atoms with E-state index in [4.69, 9.17) is 10.2 Å². The third kappa shape index (κ3) is 3.27. The third-order valence-electron chi connectivity index (χ3n) is 2.97. The van der Waals surface area contributed by atoms with Crippen LogP contribution in [0.1, 0.15) is 12.0 Å². The third-order valence-corrected chi connectivity index (χ3v) is 4.29. The standard InChI is InChI=1S/C13H15NO4S/c15-6-5-9(13(17)18)14-12(16)11-7-8-3-1-2-4-10(8)19-11/h1-4,9,11,15H,5-7H2,(H,14,16)(H,17,18). The molecule has 0 aliphatic carbocycles. The van der Waals surface area contributed by atoms with Crippen molar-refractivity contribution >= 4 is 23.6 Å². The first-order chi connectivity index (χ1) is 9.11. The molecule has 5 nitrogen and oxygen atoms in total. The van der Waals surface area contributed by atoms with Gasteiger partial charge in [-0.05, 0) is 18.1 Å². The van der Waals surface area contributed by atoms with E-state index in [2.05, 4.69) is 5.32 Å². The van der Waals surface area contributed by atoms with Crippen molar-refractivity contribution in [3.8, 4) is 0 Å². The molecule has 0 spiro atoms. The van der Waals surface area contributed by atoms with E-state index in [0.717, 1.165) is 10.5 Å². The van der Waals surface area contributed by atoms with Crippen molar-refractivity contribution in [1.29, 1.82) is 0 Å². The van der Waals surface area contributed by atoms with Crippen LogP contribution in [-0.2, 0) is 16.0 Å². The Hall–Kier alpha value is -1.53. The Labute approximate surface area is 115 Å². The highest BCUT2D eigenvalue weighted by Crippen LogP contribution is 2.36. The number of carboxylic acid groups (broad SMARTS) is 1. The van der Waals surface area contributed by atoms with Crippen LogP contribution in [0.5, 0.6) is 0 Å². The number of carbonyl (C=O) groups excluding carboxylic acids is 1. The predicted molar refractivity (Wildman–Crippen MR) is 71.1 cm³/mol. The van der Waals surface area contributed by atoms with Crippen molar-refractivity contribution in [3.05, 3.63) is 29.8 Å². The average molecular weight is 281 g/mol. The van der Waals surface area contributed by atoms with Gasteiger partial charge in [-0.2, -0.15) is 0 Å². The van der Waals surface area contributed by atoms with Gasteiger partial charge in [0.05, 0.1) is 5.25 Å². The van der Waals surface area contributed by atoms with Gasteiger partial charge in [-0.1, -0.05) is 18.2 Å². The Kier molecular flexibility index (Phi) is 4.44. The number of hydrogen-bond acceptors (Lipinski definition) is 4. The van der Waals surface area contributed by atoms with Crippen LogP contribution in [0.25, 0.3) is 0 Å². The number of hydrogen-bond donors (Lipinski definition) is 3. The van der Waals surface area contributed by atoms with E-state index in [1.54, 1.807) is 0 Å². The number of fused-ring (bicyclic) bond motifs is 1. The molecule has 1 amide bonds. The molecule has 19 heavy (non-hydrogen) atoms. The number of nitrogens with one attached hydrogen (secondary N) is 1. The second-order valence-corrected chi connectivity index (χ2v) is 5.57. The van der Waals surface area contributed by atoms with Crippen LogP contribution in [0.2, 0.25) is 0 Å². The van der Waals surface area contributed by atoms with Crippen LogP contribution in [0.3, 0.4) is 0 Å². The number of rotatable bonds is 5. The van der Waals surface area contributed by atoms with Crippen molar-refractivity contribution in [1.82, 2.24) is 5.32 Å². The molecule has 2 atom stereocenters. The second-order valence-electron chi connectivity index (χ2n) is 4.33. The molecule has 0 saturated heterocycles. The summed E-state index contributed by atoms with van der Waals surface area (Å²) in [5, 5.41) is 19.9. The van der Waals surface area contributed by atoms with Gasteiger partial charge in [-0.25, -0.2) is 4.79 Å². The molecule has 6 heteroatoms. The molecule has 1 aliphatic heterocycles. The van der Waals surface area contributed by atoms with Gasteiger partial charge in [0.1, 0.15) is 6.04 Å². The highest BCUT2D eigenvalue weighted by Gasteiger charge is 2.30. The van der Waals surface area contributed by atoms with E-state index < -0.39 is 12.0 Å². The van der Waals surface area contributed by atoms with Crippen molar-refractivity contribution in [2.75, 3.05) is 6.61 Å². The number of benzene rings is 1. The van der Waals surface area contributed by atoms with Gasteiger partial charge >= 0.3 is 5.97 Å². The first-order valence-electron chi connectivity index (χ1n) is 6.00. The molecular formula is C13H15NO4S. The highest BCUT2D eigenvalue weighted by atomic mass is 32.2. The molecule has 1 aromatic carbocycles. The summed E-state index contributed by atoms with van der Waals surface area (Å²) in [6.07, 6.45) is 0.629. The Morgan fingerprint density at radius 2 is 2.16 bits per heavy atom. The summed E-state index contributed by atoms with van der Waals surface area (Å²) in [5.74, 6) is -1.41. The number of aliphatic hydroxyl groups excluding tert-OH is 1. The van der Waals surface area contributed by atoms with Gasteiger partial charge in [0.15, 0.2) is 0 Å². The molecule has 102 valence electrons. The summed E-state index contributed by atoms with van der Waals surface area (Å²) < 4.78 is 0. The lowest BCUT2D eigenvalue weighted by Gasteiger charge is -2.15. The number of carboxylic acids is 1. The van der Waals surface area contributed by atoms with E-state index >= 15 is 0 Å². The number of carbonyl (C=O) groups is 2. The van der Waals surface area contributed by atoms with Crippen LogP contribution in [0.15, 0.2) is 29.2 Å². The maximum absolute atomic E-state index is 12.0.